The molecule has 0 radical (unpaired) electrons. The van der Waals surface area contributed by atoms with Gasteiger partial charge >= 0.3 is 0 Å². The van der Waals surface area contributed by atoms with Crippen molar-refractivity contribution in [1.29, 1.82) is 0 Å². The fraction of sp³-hybridized carbons (Fsp3) is 0.125. The second-order valence-corrected chi connectivity index (χ2v) is 6.13. The molecule has 0 aromatic heterocycles. The lowest BCUT2D eigenvalue weighted by atomic mass is 10.4. The van der Waals surface area contributed by atoms with E-state index in [2.05, 4.69) is 36.3 Å². The minimum Gasteiger partial charge on any atom is -0.387 e. The van der Waals surface area contributed by atoms with E-state index in [9.17, 15) is 8.42 Å². The highest BCUT2D eigenvalue weighted by Gasteiger charge is 2.16. The summed E-state index contributed by atoms with van der Waals surface area (Å²) < 4.78 is 27.9. The van der Waals surface area contributed by atoms with Gasteiger partial charge in [-0.3, -0.25) is 0 Å². The van der Waals surface area contributed by atoms with E-state index in [1.165, 1.54) is 13.0 Å². The first-order valence-corrected chi connectivity index (χ1v) is 6.87. The van der Waals surface area contributed by atoms with Crippen molar-refractivity contribution in [3.63, 3.8) is 0 Å². The summed E-state index contributed by atoms with van der Waals surface area (Å²) in [6, 6.07) is 4.71. The van der Waals surface area contributed by atoms with Crippen LogP contribution in [0.1, 0.15) is 6.92 Å². The van der Waals surface area contributed by atoms with Gasteiger partial charge in [-0.05, 0) is 41.1 Å². The number of sulfonamides is 1. The van der Waals surface area contributed by atoms with Gasteiger partial charge in [0.05, 0.1) is 0 Å². The second kappa shape index (κ2) is 4.63. The molecule has 0 spiro atoms. The van der Waals surface area contributed by atoms with Crippen LogP contribution in [0.4, 0.5) is 0 Å². The van der Waals surface area contributed by atoms with Crippen molar-refractivity contribution in [3.8, 4) is 0 Å². The van der Waals surface area contributed by atoms with E-state index in [-0.39, 0.29) is 10.7 Å². The van der Waals surface area contributed by atoms with Crippen LogP contribution in [0.15, 0.2) is 36.4 Å². The number of hydrogen-bond donors (Lipinski definition) is 1. The van der Waals surface area contributed by atoms with Crippen molar-refractivity contribution < 1.29 is 8.42 Å². The molecule has 0 unspecified atom stereocenters. The van der Waals surface area contributed by atoms with Gasteiger partial charge < -0.3 is 5.73 Å². The molecule has 0 heterocycles. The summed E-state index contributed by atoms with van der Waals surface area (Å²) in [5.41, 5.74) is 5.24. The molecule has 1 aromatic carbocycles. The number of halogens is 2. The summed E-state index contributed by atoms with van der Waals surface area (Å²) >= 11 is 6.38. The van der Waals surface area contributed by atoms with Crippen LogP contribution in [-0.2, 0) is 10.0 Å². The van der Waals surface area contributed by atoms with Crippen LogP contribution >= 0.6 is 31.9 Å². The third kappa shape index (κ3) is 3.29. The first kappa shape index (κ1) is 12.7. The van der Waals surface area contributed by atoms with Gasteiger partial charge in [0.1, 0.15) is 10.7 Å². The minimum absolute atomic E-state index is 0.00446. The largest absolute Gasteiger partial charge is 0.387 e. The van der Waals surface area contributed by atoms with Gasteiger partial charge in [-0.25, -0.2) is 0 Å². The van der Waals surface area contributed by atoms with Crippen LogP contribution < -0.4 is 5.73 Å². The van der Waals surface area contributed by atoms with Gasteiger partial charge in [0, 0.05) is 8.95 Å². The zero-order valence-electron chi connectivity index (χ0n) is 7.74. The maximum Gasteiger partial charge on any atom is 0.285 e. The van der Waals surface area contributed by atoms with Crippen LogP contribution in [0.2, 0.25) is 0 Å². The first-order chi connectivity index (χ1) is 6.83. The average molecular weight is 356 g/mol. The van der Waals surface area contributed by atoms with Crippen molar-refractivity contribution in [2.45, 2.75) is 11.8 Å². The number of amidine groups is 1. The zero-order chi connectivity index (χ0) is 11.6. The standard InChI is InChI=1S/C8H8Br2N2O2S/c1-5(11)12-15(13,14)8-3-2-6(9)4-7(8)10/h2-4H,1H3,(H2,11,12). The summed E-state index contributed by atoms with van der Waals surface area (Å²) in [4.78, 5) is 0.0931. The Morgan fingerprint density at radius 2 is 2.00 bits per heavy atom. The predicted molar refractivity (Wildman–Crippen MR) is 66.3 cm³/mol. The fourth-order valence-electron chi connectivity index (χ4n) is 0.923. The minimum atomic E-state index is -3.71. The molecule has 0 saturated carbocycles. The molecule has 1 rings (SSSR count). The third-order valence-electron chi connectivity index (χ3n) is 1.44. The summed E-state index contributed by atoms with van der Waals surface area (Å²) in [5, 5.41) is 0. The number of nitrogens with zero attached hydrogens (tertiary/aromatic N) is 1. The Bertz CT molecular complexity index is 507. The molecular weight excluding hydrogens is 348 g/mol. The molecule has 1 aromatic rings. The highest BCUT2D eigenvalue weighted by atomic mass is 79.9. The molecule has 0 amide bonds. The van der Waals surface area contributed by atoms with E-state index in [0.717, 1.165) is 4.47 Å². The third-order valence-corrected chi connectivity index (χ3v) is 4.29. The van der Waals surface area contributed by atoms with Crippen molar-refractivity contribution in [1.82, 2.24) is 0 Å². The number of rotatable bonds is 2. The summed E-state index contributed by atoms with van der Waals surface area (Å²) in [5.74, 6) is 0.00446. The number of hydrogen-bond acceptors (Lipinski definition) is 2. The fourth-order valence-corrected chi connectivity index (χ4v) is 3.61. The molecular formula is C8H8Br2N2O2S. The highest BCUT2D eigenvalue weighted by Crippen LogP contribution is 2.26. The Morgan fingerprint density at radius 1 is 1.40 bits per heavy atom. The van der Waals surface area contributed by atoms with Gasteiger partial charge in [-0.15, -0.1) is 4.40 Å². The quantitative estimate of drug-likeness (QED) is 0.653. The molecule has 0 atom stereocenters. The van der Waals surface area contributed by atoms with E-state index in [1.54, 1.807) is 12.1 Å². The van der Waals surface area contributed by atoms with E-state index < -0.39 is 10.0 Å². The Labute approximate surface area is 105 Å². The Kier molecular flexibility index (Phi) is 3.91. The van der Waals surface area contributed by atoms with Crippen molar-refractivity contribution in [3.05, 3.63) is 27.1 Å². The summed E-state index contributed by atoms with van der Waals surface area (Å²) in [7, 11) is -3.71. The van der Waals surface area contributed by atoms with Gasteiger partial charge in [0.15, 0.2) is 0 Å². The van der Waals surface area contributed by atoms with Gasteiger partial charge in [0.2, 0.25) is 0 Å². The Hall–Kier alpha value is -0.400. The monoisotopic (exact) mass is 354 g/mol. The first-order valence-electron chi connectivity index (χ1n) is 3.85. The van der Waals surface area contributed by atoms with Gasteiger partial charge in [-0.2, -0.15) is 8.42 Å². The molecule has 4 nitrogen and oxygen atoms in total. The Morgan fingerprint density at radius 3 is 2.47 bits per heavy atom. The molecule has 7 heteroatoms. The molecule has 2 N–H and O–H groups in total. The lowest BCUT2D eigenvalue weighted by Gasteiger charge is -2.02. The lowest BCUT2D eigenvalue weighted by molar-refractivity contribution is 0.597. The molecule has 0 aliphatic rings. The maximum atomic E-state index is 11.7. The average Bonchev–Trinajstić information content (AvgIpc) is 1.99. The van der Waals surface area contributed by atoms with Crippen molar-refractivity contribution in [2.75, 3.05) is 0 Å². The van der Waals surface area contributed by atoms with Crippen molar-refractivity contribution in [2.24, 2.45) is 10.1 Å². The van der Waals surface area contributed by atoms with Crippen LogP contribution in [-0.4, -0.2) is 14.3 Å². The van der Waals surface area contributed by atoms with E-state index in [4.69, 9.17) is 5.73 Å². The zero-order valence-corrected chi connectivity index (χ0v) is 11.7. The molecule has 0 bridgehead atoms. The van der Waals surface area contributed by atoms with Gasteiger partial charge in [0.25, 0.3) is 10.0 Å². The topological polar surface area (TPSA) is 72.5 Å². The normalized spacial score (nSPS) is 12.9. The SMILES string of the molecule is C/C(N)=N\S(=O)(=O)c1ccc(Br)cc1Br. The number of benzene rings is 1. The molecule has 82 valence electrons. The predicted octanol–water partition coefficient (Wildman–Crippen LogP) is 2.28. The van der Waals surface area contributed by atoms with Crippen LogP contribution in [0.3, 0.4) is 0 Å². The molecule has 0 saturated heterocycles. The highest BCUT2D eigenvalue weighted by molar-refractivity contribution is 9.11. The molecule has 0 aliphatic heterocycles. The second-order valence-electron chi connectivity index (χ2n) is 2.78. The van der Waals surface area contributed by atoms with Gasteiger partial charge in [-0.1, -0.05) is 15.9 Å². The molecule has 15 heavy (non-hydrogen) atoms. The van der Waals surface area contributed by atoms with Crippen LogP contribution in [0, 0.1) is 0 Å². The van der Waals surface area contributed by atoms with Crippen LogP contribution in [0.25, 0.3) is 0 Å². The number of nitrogens with two attached hydrogens (primary N) is 1. The molecule has 0 aliphatic carbocycles. The smallest absolute Gasteiger partial charge is 0.285 e. The Balaban J connectivity index is 3.35. The van der Waals surface area contributed by atoms with E-state index in [1.807, 2.05) is 0 Å². The summed E-state index contributed by atoms with van der Waals surface area (Å²) in [6.07, 6.45) is 0. The lowest BCUT2D eigenvalue weighted by Crippen LogP contribution is -2.10. The van der Waals surface area contributed by atoms with E-state index in [0.29, 0.717) is 4.47 Å². The summed E-state index contributed by atoms with van der Waals surface area (Å²) in [6.45, 7) is 1.42. The molecule has 0 fully saturated rings. The maximum absolute atomic E-state index is 11.7. The van der Waals surface area contributed by atoms with Crippen molar-refractivity contribution >= 4 is 47.7 Å². The van der Waals surface area contributed by atoms with E-state index >= 15 is 0 Å². The van der Waals surface area contributed by atoms with Crippen LogP contribution in [0.5, 0.6) is 0 Å².